The lowest BCUT2D eigenvalue weighted by Gasteiger charge is -2.01. The monoisotopic (exact) mass is 225 g/mol. The van der Waals surface area contributed by atoms with Crippen molar-refractivity contribution in [3.8, 4) is 0 Å². The molecular formula is C14H15N3. The molecule has 2 aromatic rings. The van der Waals surface area contributed by atoms with Gasteiger partial charge in [-0.2, -0.15) is 5.10 Å². The molecule has 0 atom stereocenters. The third kappa shape index (κ3) is 3.14. The zero-order valence-corrected chi connectivity index (χ0v) is 10.0. The molecule has 0 fully saturated rings. The Kier molecular flexibility index (Phi) is 3.50. The van der Waals surface area contributed by atoms with E-state index in [1.54, 1.807) is 6.20 Å². The first-order valence-electron chi connectivity index (χ1n) is 5.53. The summed E-state index contributed by atoms with van der Waals surface area (Å²) < 4.78 is 0. The minimum absolute atomic E-state index is 0.744. The molecule has 3 nitrogen and oxygen atoms in total. The highest BCUT2D eigenvalue weighted by molar-refractivity contribution is 5.82. The van der Waals surface area contributed by atoms with Crippen LogP contribution in [0.15, 0.2) is 47.7 Å². The van der Waals surface area contributed by atoms with Gasteiger partial charge in [-0.1, -0.05) is 29.8 Å². The normalized spacial score (nSPS) is 10.7. The van der Waals surface area contributed by atoms with Crippen LogP contribution in [0.2, 0.25) is 0 Å². The molecule has 0 radical (unpaired) electrons. The van der Waals surface area contributed by atoms with Gasteiger partial charge in [0.15, 0.2) is 0 Å². The van der Waals surface area contributed by atoms with Crippen molar-refractivity contribution < 1.29 is 0 Å². The Morgan fingerprint density at radius 2 is 2.06 bits per heavy atom. The standard InChI is InChI=1S/C14H15N3/c1-11-6-7-13(12(2)9-11)10-16-17-14-5-3-4-8-15-14/h3-10H,1-2H3,(H,15,17)/b16-10+. The van der Waals surface area contributed by atoms with Crippen LogP contribution in [0.1, 0.15) is 16.7 Å². The van der Waals surface area contributed by atoms with Gasteiger partial charge in [0.05, 0.1) is 6.21 Å². The second-order valence-corrected chi connectivity index (χ2v) is 3.95. The first kappa shape index (κ1) is 11.3. The van der Waals surface area contributed by atoms with Crippen molar-refractivity contribution in [3.63, 3.8) is 0 Å². The van der Waals surface area contributed by atoms with Crippen LogP contribution in [0.5, 0.6) is 0 Å². The van der Waals surface area contributed by atoms with Crippen LogP contribution in [0.3, 0.4) is 0 Å². The van der Waals surface area contributed by atoms with Crippen LogP contribution in [-0.2, 0) is 0 Å². The summed E-state index contributed by atoms with van der Waals surface area (Å²) in [5, 5.41) is 4.16. The van der Waals surface area contributed by atoms with E-state index in [-0.39, 0.29) is 0 Å². The van der Waals surface area contributed by atoms with Crippen molar-refractivity contribution in [1.82, 2.24) is 4.98 Å². The third-order valence-electron chi connectivity index (χ3n) is 2.47. The van der Waals surface area contributed by atoms with Crippen molar-refractivity contribution in [1.29, 1.82) is 0 Å². The lowest BCUT2D eigenvalue weighted by atomic mass is 10.1. The predicted octanol–water partition coefficient (Wildman–Crippen LogP) is 3.14. The van der Waals surface area contributed by atoms with Gasteiger partial charge in [0.1, 0.15) is 5.82 Å². The minimum atomic E-state index is 0.744. The average molecular weight is 225 g/mol. The van der Waals surface area contributed by atoms with Crippen LogP contribution in [0.25, 0.3) is 0 Å². The number of nitrogens with zero attached hydrogens (tertiary/aromatic N) is 2. The first-order chi connectivity index (χ1) is 8.25. The zero-order valence-electron chi connectivity index (χ0n) is 10.0. The van der Waals surface area contributed by atoms with Gasteiger partial charge < -0.3 is 0 Å². The van der Waals surface area contributed by atoms with Crippen LogP contribution < -0.4 is 5.43 Å². The first-order valence-corrected chi connectivity index (χ1v) is 5.53. The second kappa shape index (κ2) is 5.25. The predicted molar refractivity (Wildman–Crippen MR) is 71.4 cm³/mol. The van der Waals surface area contributed by atoms with Gasteiger partial charge in [-0.15, -0.1) is 0 Å². The summed E-state index contributed by atoms with van der Waals surface area (Å²) >= 11 is 0. The van der Waals surface area contributed by atoms with Crippen molar-refractivity contribution >= 4 is 12.0 Å². The van der Waals surface area contributed by atoms with Crippen LogP contribution in [-0.4, -0.2) is 11.2 Å². The molecule has 0 aliphatic carbocycles. The fourth-order valence-electron chi connectivity index (χ4n) is 1.57. The average Bonchev–Trinajstić information content (AvgIpc) is 2.33. The fraction of sp³-hybridized carbons (Fsp3) is 0.143. The Labute approximate surface area is 101 Å². The van der Waals surface area contributed by atoms with E-state index in [2.05, 4.69) is 47.6 Å². The lowest BCUT2D eigenvalue weighted by Crippen LogP contribution is -1.94. The van der Waals surface area contributed by atoms with Gasteiger partial charge in [-0.05, 0) is 37.1 Å². The summed E-state index contributed by atoms with van der Waals surface area (Å²) in [7, 11) is 0. The van der Waals surface area contributed by atoms with Crippen molar-refractivity contribution in [2.24, 2.45) is 5.10 Å². The van der Waals surface area contributed by atoms with E-state index in [1.165, 1.54) is 11.1 Å². The molecule has 0 bridgehead atoms. The molecular weight excluding hydrogens is 210 g/mol. The number of aromatic nitrogens is 1. The molecule has 1 aromatic carbocycles. The van der Waals surface area contributed by atoms with Crippen LogP contribution in [0, 0.1) is 13.8 Å². The lowest BCUT2D eigenvalue weighted by molar-refractivity contribution is 1.23. The molecule has 1 heterocycles. The maximum Gasteiger partial charge on any atom is 0.146 e. The van der Waals surface area contributed by atoms with Crippen LogP contribution in [0.4, 0.5) is 5.82 Å². The molecule has 1 aromatic heterocycles. The number of benzene rings is 1. The number of hydrazone groups is 1. The van der Waals surface area contributed by atoms with Crippen molar-refractivity contribution in [3.05, 3.63) is 59.3 Å². The van der Waals surface area contributed by atoms with E-state index in [4.69, 9.17) is 0 Å². The zero-order chi connectivity index (χ0) is 12.1. The van der Waals surface area contributed by atoms with Crippen molar-refractivity contribution in [2.75, 3.05) is 5.43 Å². The fourth-order valence-corrected chi connectivity index (χ4v) is 1.57. The molecule has 0 aliphatic rings. The number of anilines is 1. The Morgan fingerprint density at radius 1 is 1.18 bits per heavy atom. The largest absolute Gasteiger partial charge is 0.261 e. The highest BCUT2D eigenvalue weighted by Crippen LogP contribution is 2.08. The van der Waals surface area contributed by atoms with Gasteiger partial charge in [-0.25, -0.2) is 4.98 Å². The van der Waals surface area contributed by atoms with Crippen LogP contribution >= 0.6 is 0 Å². The number of rotatable bonds is 3. The molecule has 2 rings (SSSR count). The molecule has 0 unspecified atom stereocenters. The Morgan fingerprint density at radius 3 is 2.76 bits per heavy atom. The summed E-state index contributed by atoms with van der Waals surface area (Å²) in [6.07, 6.45) is 3.54. The summed E-state index contributed by atoms with van der Waals surface area (Å²) in [6.45, 7) is 4.16. The summed E-state index contributed by atoms with van der Waals surface area (Å²) in [6, 6.07) is 12.0. The molecule has 0 aliphatic heterocycles. The van der Waals surface area contributed by atoms with E-state index < -0.39 is 0 Å². The number of pyridine rings is 1. The number of hydrogen-bond donors (Lipinski definition) is 1. The quantitative estimate of drug-likeness (QED) is 0.643. The highest BCUT2D eigenvalue weighted by atomic mass is 15.3. The minimum Gasteiger partial charge on any atom is -0.261 e. The van der Waals surface area contributed by atoms with E-state index in [9.17, 15) is 0 Å². The van der Waals surface area contributed by atoms with E-state index >= 15 is 0 Å². The highest BCUT2D eigenvalue weighted by Gasteiger charge is 1.94. The summed E-state index contributed by atoms with van der Waals surface area (Å²) in [4.78, 5) is 4.12. The van der Waals surface area contributed by atoms with Gasteiger partial charge in [0.25, 0.3) is 0 Å². The SMILES string of the molecule is Cc1ccc(/C=N/Nc2ccccn2)c(C)c1. The number of aryl methyl sites for hydroxylation is 2. The molecule has 1 N–H and O–H groups in total. The van der Waals surface area contributed by atoms with E-state index in [0.717, 1.165) is 11.4 Å². The second-order valence-electron chi connectivity index (χ2n) is 3.95. The summed E-state index contributed by atoms with van der Waals surface area (Å²) in [5.74, 6) is 0.744. The van der Waals surface area contributed by atoms with Gasteiger partial charge in [0, 0.05) is 6.20 Å². The molecule has 17 heavy (non-hydrogen) atoms. The Bertz CT molecular complexity index is 518. The maximum absolute atomic E-state index is 4.16. The molecule has 0 saturated carbocycles. The van der Waals surface area contributed by atoms with E-state index in [1.807, 2.05) is 24.4 Å². The maximum atomic E-state index is 4.16. The summed E-state index contributed by atoms with van der Waals surface area (Å²) in [5.41, 5.74) is 6.48. The molecule has 0 spiro atoms. The number of hydrogen-bond acceptors (Lipinski definition) is 3. The molecule has 86 valence electrons. The topological polar surface area (TPSA) is 37.3 Å². The number of nitrogens with one attached hydrogen (secondary N) is 1. The Balaban J connectivity index is 2.06. The van der Waals surface area contributed by atoms with Gasteiger partial charge >= 0.3 is 0 Å². The van der Waals surface area contributed by atoms with Crippen molar-refractivity contribution in [2.45, 2.75) is 13.8 Å². The smallest absolute Gasteiger partial charge is 0.146 e. The third-order valence-corrected chi connectivity index (χ3v) is 2.47. The molecule has 0 amide bonds. The van der Waals surface area contributed by atoms with Gasteiger partial charge in [0.2, 0.25) is 0 Å². The Hall–Kier alpha value is -2.16. The van der Waals surface area contributed by atoms with Gasteiger partial charge in [-0.3, -0.25) is 5.43 Å². The molecule has 0 saturated heterocycles. The van der Waals surface area contributed by atoms with E-state index in [0.29, 0.717) is 0 Å². The molecule has 3 heteroatoms.